The molecule has 1 heterocycles. The number of aromatic amines is 1. The number of H-pyrrole nitrogens is 1. The zero-order chi connectivity index (χ0) is 7.72. The van der Waals surface area contributed by atoms with Crippen LogP contribution in [0.4, 0.5) is 0 Å². The number of hydrogen-bond donors (Lipinski definition) is 1. The molecule has 54 valence electrons. The third-order valence-electron chi connectivity index (χ3n) is 1.02. The monoisotopic (exact) mass is 160 g/mol. The predicted molar refractivity (Wildman–Crippen MR) is 37.3 cm³/mol. The van der Waals surface area contributed by atoms with Crippen LogP contribution in [0.15, 0.2) is 15.7 Å². The van der Waals surface area contributed by atoms with E-state index in [9.17, 15) is 9.59 Å². The van der Waals surface area contributed by atoms with E-state index in [1.54, 1.807) is 6.92 Å². The second-order valence-electron chi connectivity index (χ2n) is 1.88. The molecule has 0 amide bonds. The minimum atomic E-state index is -0.605. The Morgan fingerprint density at radius 3 is 2.70 bits per heavy atom. The second kappa shape index (κ2) is 2.30. The van der Waals surface area contributed by atoms with Crippen LogP contribution in [0.2, 0.25) is 0 Å². The lowest BCUT2D eigenvalue weighted by molar-refractivity contribution is 0.936. The molecule has 0 radical (unpaired) electrons. The van der Waals surface area contributed by atoms with Crippen LogP contribution in [0.3, 0.4) is 0 Å². The quantitative estimate of drug-likeness (QED) is 0.574. The largest absolute Gasteiger partial charge is 0.343 e. The molecule has 1 aromatic rings. The number of hydrogen-bond acceptors (Lipinski definition) is 2. The van der Waals surface area contributed by atoms with Gasteiger partial charge in [-0.15, -0.1) is 0 Å². The number of rotatable bonds is 0. The lowest BCUT2D eigenvalue weighted by Gasteiger charge is -1.91. The molecule has 1 rings (SSSR count). The lowest BCUT2D eigenvalue weighted by atomic mass is 10.5. The Morgan fingerprint density at radius 1 is 1.60 bits per heavy atom. The molecule has 0 atom stereocenters. The second-order valence-corrected chi connectivity index (χ2v) is 2.21. The number of halogens is 1. The van der Waals surface area contributed by atoms with Gasteiger partial charge in [0, 0.05) is 23.5 Å². The van der Waals surface area contributed by atoms with E-state index in [2.05, 4.69) is 4.98 Å². The topological polar surface area (TPSA) is 54.9 Å². The maximum atomic E-state index is 10.7. The van der Waals surface area contributed by atoms with Gasteiger partial charge in [0.05, 0.1) is 0 Å². The van der Waals surface area contributed by atoms with E-state index in [1.165, 1.54) is 6.07 Å². The van der Waals surface area contributed by atoms with Gasteiger partial charge in [0.15, 0.2) is 0 Å². The van der Waals surface area contributed by atoms with Gasteiger partial charge in [0.1, 0.15) is 0 Å². The van der Waals surface area contributed by atoms with Crippen LogP contribution in [0.1, 0.15) is 5.69 Å². The van der Waals surface area contributed by atoms with Crippen molar-refractivity contribution in [3.05, 3.63) is 32.6 Å². The summed E-state index contributed by atoms with van der Waals surface area (Å²) in [6.45, 7) is 1.61. The Labute approximate surface area is 61.2 Å². The fraction of sp³-hybridized carbons (Fsp3) is 0.200. The van der Waals surface area contributed by atoms with Crippen molar-refractivity contribution in [2.45, 2.75) is 6.92 Å². The average Bonchev–Trinajstić information content (AvgIpc) is 1.82. The SMILES string of the molecule is Cc1cc(=O)n(Cl)c(=O)[nH]1. The number of nitrogens with zero attached hydrogens (tertiary/aromatic N) is 1. The molecule has 0 spiro atoms. The highest BCUT2D eigenvalue weighted by Crippen LogP contribution is 1.79. The molecule has 10 heavy (non-hydrogen) atoms. The van der Waals surface area contributed by atoms with Gasteiger partial charge in [-0.1, -0.05) is 0 Å². The molecule has 0 fully saturated rings. The summed E-state index contributed by atoms with van der Waals surface area (Å²) >= 11 is 5.21. The molecule has 1 aromatic heterocycles. The molecular formula is C5H5ClN2O2. The molecule has 0 aromatic carbocycles. The van der Waals surface area contributed by atoms with Crippen molar-refractivity contribution < 1.29 is 0 Å². The van der Waals surface area contributed by atoms with Crippen LogP contribution < -0.4 is 11.2 Å². The summed E-state index contributed by atoms with van der Waals surface area (Å²) in [5, 5.41) is 0. The summed E-state index contributed by atoms with van der Waals surface area (Å²) in [7, 11) is 0. The Morgan fingerprint density at radius 2 is 2.20 bits per heavy atom. The van der Waals surface area contributed by atoms with Gasteiger partial charge in [-0.2, -0.15) is 4.09 Å². The predicted octanol–water partition coefficient (Wildman–Crippen LogP) is -0.153. The molecule has 0 saturated heterocycles. The first kappa shape index (κ1) is 7.08. The third-order valence-corrected chi connectivity index (χ3v) is 1.34. The van der Waals surface area contributed by atoms with Gasteiger partial charge in [0.2, 0.25) is 0 Å². The molecule has 5 heteroatoms. The molecule has 0 aliphatic rings. The summed E-state index contributed by atoms with van der Waals surface area (Å²) in [5.74, 6) is 0. The minimum Gasteiger partial charge on any atom is -0.310 e. The van der Waals surface area contributed by atoms with Gasteiger partial charge in [-0.05, 0) is 6.92 Å². The van der Waals surface area contributed by atoms with Crippen molar-refractivity contribution >= 4 is 11.8 Å². The average molecular weight is 161 g/mol. The van der Waals surface area contributed by atoms with E-state index in [-0.39, 0.29) is 0 Å². The summed E-state index contributed by atoms with van der Waals surface area (Å²) < 4.78 is 0.493. The number of nitrogens with one attached hydrogen (secondary N) is 1. The van der Waals surface area contributed by atoms with Gasteiger partial charge >= 0.3 is 5.69 Å². The zero-order valence-corrected chi connectivity index (χ0v) is 5.97. The summed E-state index contributed by atoms with van der Waals surface area (Å²) in [6, 6.07) is 1.24. The minimum absolute atomic E-state index is 0.493. The molecule has 0 saturated carbocycles. The Balaban J connectivity index is 3.62. The highest BCUT2D eigenvalue weighted by Gasteiger charge is 1.96. The van der Waals surface area contributed by atoms with Crippen LogP contribution in [-0.2, 0) is 0 Å². The van der Waals surface area contributed by atoms with Gasteiger partial charge < -0.3 is 4.98 Å². The van der Waals surface area contributed by atoms with E-state index >= 15 is 0 Å². The maximum absolute atomic E-state index is 10.7. The summed E-state index contributed by atoms with van der Waals surface area (Å²) in [4.78, 5) is 23.7. The molecule has 0 aliphatic heterocycles. The van der Waals surface area contributed by atoms with Crippen LogP contribution >= 0.6 is 11.8 Å². The molecule has 1 N–H and O–H groups in total. The summed E-state index contributed by atoms with van der Waals surface area (Å²) in [6.07, 6.45) is 0. The number of aryl methyl sites for hydroxylation is 1. The molecule has 4 nitrogen and oxygen atoms in total. The Bertz CT molecular complexity index is 320. The molecule has 0 aliphatic carbocycles. The van der Waals surface area contributed by atoms with Crippen molar-refractivity contribution in [2.24, 2.45) is 0 Å². The smallest absolute Gasteiger partial charge is 0.310 e. The van der Waals surface area contributed by atoms with E-state index in [1.807, 2.05) is 0 Å². The van der Waals surface area contributed by atoms with Gasteiger partial charge in [-0.25, -0.2) is 4.79 Å². The molecule has 0 bridgehead atoms. The first-order chi connectivity index (χ1) is 4.61. The first-order valence-electron chi connectivity index (χ1n) is 2.60. The fourth-order valence-corrected chi connectivity index (χ4v) is 0.687. The van der Waals surface area contributed by atoms with E-state index in [0.717, 1.165) is 0 Å². The Kier molecular flexibility index (Phi) is 1.63. The van der Waals surface area contributed by atoms with Crippen molar-refractivity contribution in [1.82, 2.24) is 9.07 Å². The van der Waals surface area contributed by atoms with Crippen LogP contribution in [-0.4, -0.2) is 9.07 Å². The van der Waals surface area contributed by atoms with Crippen molar-refractivity contribution in [3.8, 4) is 0 Å². The zero-order valence-electron chi connectivity index (χ0n) is 5.22. The van der Waals surface area contributed by atoms with E-state index in [0.29, 0.717) is 9.78 Å². The fourth-order valence-electron chi connectivity index (χ4n) is 0.596. The standard InChI is InChI=1S/C5H5ClN2O2/c1-3-2-4(9)8(6)5(10)7-3/h2H,1H3,(H,7,10). The van der Waals surface area contributed by atoms with Gasteiger partial charge in [-0.3, -0.25) is 4.79 Å². The summed E-state index contributed by atoms with van der Waals surface area (Å²) in [5.41, 5.74) is -0.610. The van der Waals surface area contributed by atoms with Crippen LogP contribution in [0.5, 0.6) is 0 Å². The van der Waals surface area contributed by atoms with E-state index in [4.69, 9.17) is 11.8 Å². The first-order valence-corrected chi connectivity index (χ1v) is 2.94. The Hall–Kier alpha value is -1.03. The third kappa shape index (κ3) is 1.11. The van der Waals surface area contributed by atoms with E-state index < -0.39 is 11.2 Å². The van der Waals surface area contributed by atoms with Crippen molar-refractivity contribution in [1.29, 1.82) is 0 Å². The normalized spacial score (nSPS) is 9.80. The van der Waals surface area contributed by atoms with Crippen molar-refractivity contribution in [2.75, 3.05) is 0 Å². The molecular weight excluding hydrogens is 156 g/mol. The number of aromatic nitrogens is 2. The van der Waals surface area contributed by atoms with Crippen LogP contribution in [0, 0.1) is 6.92 Å². The van der Waals surface area contributed by atoms with Gasteiger partial charge in [0.25, 0.3) is 5.56 Å². The lowest BCUT2D eigenvalue weighted by Crippen LogP contribution is -2.28. The highest BCUT2D eigenvalue weighted by molar-refractivity contribution is 6.15. The van der Waals surface area contributed by atoms with Crippen LogP contribution in [0.25, 0.3) is 0 Å². The maximum Gasteiger partial charge on any atom is 0.343 e. The highest BCUT2D eigenvalue weighted by atomic mass is 35.5. The van der Waals surface area contributed by atoms with Crippen molar-refractivity contribution in [3.63, 3.8) is 0 Å². The molecule has 0 unspecified atom stereocenters.